The average molecular weight is 658 g/mol. The number of nitrogens with one attached hydrogen (secondary N) is 1. The number of carbonyl (C=O) groups excluding carboxylic acids is 2. The summed E-state index contributed by atoms with van der Waals surface area (Å²) in [5.74, 6) is 0.0296. The van der Waals surface area contributed by atoms with E-state index < -0.39 is 11.9 Å². The first-order valence-electron chi connectivity index (χ1n) is 16.2. The molecule has 4 aromatic rings. The summed E-state index contributed by atoms with van der Waals surface area (Å²) in [4.78, 5) is 36.2. The zero-order valence-electron chi connectivity index (χ0n) is 26.3. The maximum absolute atomic E-state index is 14.1. The number of piperidine rings is 1. The van der Waals surface area contributed by atoms with Gasteiger partial charge in [0, 0.05) is 56.6 Å². The molecule has 2 amide bonds. The second-order valence-electron chi connectivity index (χ2n) is 12.0. The Balaban J connectivity index is 1.20. The molecule has 1 fully saturated rings. The molecule has 0 unspecified atom stereocenters. The van der Waals surface area contributed by atoms with Crippen LogP contribution >= 0.6 is 11.6 Å². The van der Waals surface area contributed by atoms with Gasteiger partial charge in [-0.25, -0.2) is 9.67 Å². The lowest BCUT2D eigenvalue weighted by atomic mass is 9.95. The lowest BCUT2D eigenvalue weighted by Crippen LogP contribution is -2.52. The van der Waals surface area contributed by atoms with Gasteiger partial charge in [-0.2, -0.15) is 0 Å². The Morgan fingerprint density at radius 1 is 0.894 bits per heavy atom. The van der Waals surface area contributed by atoms with Gasteiger partial charge in [0.1, 0.15) is 18.2 Å². The van der Waals surface area contributed by atoms with Crippen molar-refractivity contribution in [3.63, 3.8) is 0 Å². The molecular weight excluding hydrogens is 618 g/mol. The zero-order chi connectivity index (χ0) is 32.4. The maximum atomic E-state index is 14.1. The van der Waals surface area contributed by atoms with Crippen LogP contribution in [0.1, 0.15) is 40.0 Å². The molecule has 7 rings (SSSR count). The van der Waals surface area contributed by atoms with Crippen molar-refractivity contribution in [1.29, 1.82) is 0 Å². The van der Waals surface area contributed by atoms with E-state index in [-0.39, 0.29) is 30.4 Å². The van der Waals surface area contributed by atoms with E-state index in [0.29, 0.717) is 44.5 Å². The van der Waals surface area contributed by atoms with Gasteiger partial charge in [0.2, 0.25) is 11.8 Å². The highest BCUT2D eigenvalue weighted by Crippen LogP contribution is 2.23. The molecule has 0 saturated carbocycles. The highest BCUT2D eigenvalue weighted by Gasteiger charge is 2.32. The minimum Gasteiger partial charge on any atom is -0.475 e. The molecule has 47 heavy (non-hydrogen) atoms. The van der Waals surface area contributed by atoms with Crippen LogP contribution in [0.4, 0.5) is 0 Å². The number of hydrogen-bond acceptors (Lipinski definition) is 8. The highest BCUT2D eigenvalue weighted by atomic mass is 35.5. The van der Waals surface area contributed by atoms with E-state index in [4.69, 9.17) is 21.1 Å². The third-order valence-electron chi connectivity index (χ3n) is 8.62. The molecule has 5 heterocycles. The summed E-state index contributed by atoms with van der Waals surface area (Å²) < 4.78 is 13.6. The van der Waals surface area contributed by atoms with Crippen LogP contribution in [0.2, 0.25) is 5.02 Å². The number of fused-ring (bicyclic) bond motifs is 12. The average Bonchev–Trinajstić information content (AvgIpc) is 3.53. The number of hydrogen-bond donors (Lipinski definition) is 1. The van der Waals surface area contributed by atoms with E-state index in [0.717, 1.165) is 48.6 Å². The first-order chi connectivity index (χ1) is 23.0. The number of nitrogens with zero attached hydrogens (tertiary/aromatic N) is 6. The molecule has 1 atom stereocenters. The lowest BCUT2D eigenvalue weighted by Gasteiger charge is -2.36. The summed E-state index contributed by atoms with van der Waals surface area (Å²) in [6, 6.07) is 20.4. The summed E-state index contributed by atoms with van der Waals surface area (Å²) >= 11 is 6.52. The fraction of sp³-hybridized carbons (Fsp3) is 0.400. The van der Waals surface area contributed by atoms with E-state index in [2.05, 4.69) is 31.6 Å². The SMILES string of the molecule is O=C1N[C@H](Cc2cn(Cc3ccccc3)nn2)C(=O)N2CCC(CC2)CN(Cc2ccccc2Cl)CCOCCOc2ncccc21. The predicted molar refractivity (Wildman–Crippen MR) is 177 cm³/mol. The standard InChI is InChI=1S/C35H40ClN7O4/c36-31-11-5-4-9-28(31)24-41-17-18-46-19-20-47-34-30(10-6-14-37-34)33(44)38-32(35(45)42-15-12-27(22-41)13-16-42)21-29-25-43(40-39-29)23-26-7-2-1-3-8-26/h1-11,14,25,27,32H,12-13,15-24H2,(H,38,44)/t32-/m1/s1. The molecule has 2 bridgehead atoms. The molecule has 2 aromatic carbocycles. The molecule has 1 saturated heterocycles. The van der Waals surface area contributed by atoms with E-state index >= 15 is 0 Å². The lowest BCUT2D eigenvalue weighted by molar-refractivity contribution is -0.134. The highest BCUT2D eigenvalue weighted by molar-refractivity contribution is 6.31. The van der Waals surface area contributed by atoms with Crippen molar-refractivity contribution in [2.45, 2.75) is 38.4 Å². The molecule has 0 radical (unpaired) electrons. The normalized spacial score (nSPS) is 20.1. The number of carbonyl (C=O) groups is 2. The van der Waals surface area contributed by atoms with Crippen LogP contribution in [0.15, 0.2) is 79.1 Å². The molecule has 1 N–H and O–H groups in total. The van der Waals surface area contributed by atoms with Crippen LogP contribution in [0.5, 0.6) is 5.88 Å². The topological polar surface area (TPSA) is 115 Å². The van der Waals surface area contributed by atoms with Gasteiger partial charge in [0.05, 0.1) is 25.5 Å². The van der Waals surface area contributed by atoms with E-state index in [1.54, 1.807) is 23.0 Å². The van der Waals surface area contributed by atoms with Gasteiger partial charge in [-0.1, -0.05) is 65.3 Å². The van der Waals surface area contributed by atoms with E-state index in [9.17, 15) is 9.59 Å². The Bertz CT molecular complexity index is 1630. The van der Waals surface area contributed by atoms with Crippen molar-refractivity contribution in [1.82, 2.24) is 35.1 Å². The van der Waals surface area contributed by atoms with Gasteiger partial charge in [-0.3, -0.25) is 14.5 Å². The number of rotatable bonds is 6. The molecule has 2 aromatic heterocycles. The first kappa shape index (κ1) is 32.6. The third-order valence-corrected chi connectivity index (χ3v) is 8.99. The molecule has 3 aliphatic heterocycles. The number of pyridine rings is 1. The van der Waals surface area contributed by atoms with Crippen molar-refractivity contribution < 1.29 is 19.1 Å². The fourth-order valence-corrected chi connectivity index (χ4v) is 6.32. The largest absolute Gasteiger partial charge is 0.475 e. The smallest absolute Gasteiger partial charge is 0.257 e. The molecule has 11 nitrogen and oxygen atoms in total. The minimum atomic E-state index is -0.840. The minimum absolute atomic E-state index is 0.136. The predicted octanol–water partition coefficient (Wildman–Crippen LogP) is 3.87. The Kier molecular flexibility index (Phi) is 11.1. The maximum Gasteiger partial charge on any atom is 0.257 e. The second-order valence-corrected chi connectivity index (χ2v) is 12.4. The van der Waals surface area contributed by atoms with Crippen LogP contribution in [-0.2, 0) is 29.0 Å². The molecular formula is C35H40ClN7O4. The van der Waals surface area contributed by atoms with Crippen LogP contribution in [0.25, 0.3) is 0 Å². The Labute approximate surface area is 279 Å². The van der Waals surface area contributed by atoms with Gasteiger partial charge in [0.25, 0.3) is 5.91 Å². The molecule has 0 aliphatic carbocycles. The van der Waals surface area contributed by atoms with E-state index in [1.807, 2.05) is 59.6 Å². The van der Waals surface area contributed by atoms with Crippen LogP contribution in [-0.4, -0.2) is 93.6 Å². The van der Waals surface area contributed by atoms with Crippen LogP contribution in [0.3, 0.4) is 0 Å². The summed E-state index contributed by atoms with van der Waals surface area (Å²) in [5.41, 5.74) is 3.04. The zero-order valence-corrected chi connectivity index (χ0v) is 27.1. The quantitative estimate of drug-likeness (QED) is 0.311. The molecule has 0 spiro atoms. The fourth-order valence-electron chi connectivity index (χ4n) is 6.12. The van der Waals surface area contributed by atoms with Crippen molar-refractivity contribution >= 4 is 23.4 Å². The van der Waals surface area contributed by atoms with Gasteiger partial charge in [-0.15, -0.1) is 5.10 Å². The number of amides is 2. The monoisotopic (exact) mass is 657 g/mol. The number of benzene rings is 2. The van der Waals surface area contributed by atoms with Gasteiger partial charge in [0.15, 0.2) is 0 Å². The van der Waals surface area contributed by atoms with Gasteiger partial charge in [-0.05, 0) is 48.1 Å². The summed E-state index contributed by atoms with van der Waals surface area (Å²) in [5, 5.41) is 12.4. The van der Waals surface area contributed by atoms with Crippen molar-refractivity contribution in [3.05, 3.63) is 107 Å². The Morgan fingerprint density at radius 3 is 2.53 bits per heavy atom. The summed E-state index contributed by atoms with van der Waals surface area (Å²) in [6.07, 6.45) is 5.33. The number of aromatic nitrogens is 4. The Morgan fingerprint density at radius 2 is 1.70 bits per heavy atom. The van der Waals surface area contributed by atoms with Crippen LogP contribution < -0.4 is 10.1 Å². The Hall–Kier alpha value is -4.32. The van der Waals surface area contributed by atoms with E-state index in [1.165, 1.54) is 0 Å². The van der Waals surface area contributed by atoms with Crippen molar-refractivity contribution in [2.24, 2.45) is 5.92 Å². The molecule has 3 aliphatic rings. The van der Waals surface area contributed by atoms with Gasteiger partial charge >= 0.3 is 0 Å². The van der Waals surface area contributed by atoms with Crippen molar-refractivity contribution in [2.75, 3.05) is 46.0 Å². The van der Waals surface area contributed by atoms with Gasteiger partial charge < -0.3 is 19.7 Å². The van der Waals surface area contributed by atoms with Crippen LogP contribution in [0, 0.1) is 5.92 Å². The number of halogens is 1. The summed E-state index contributed by atoms with van der Waals surface area (Å²) in [6.45, 7) is 5.18. The van der Waals surface area contributed by atoms with Crippen molar-refractivity contribution in [3.8, 4) is 5.88 Å². The summed E-state index contributed by atoms with van der Waals surface area (Å²) in [7, 11) is 0. The molecule has 12 heteroatoms. The third kappa shape index (κ3) is 8.94. The molecule has 246 valence electrons. The number of ether oxygens (including phenoxy) is 2. The first-order valence-corrected chi connectivity index (χ1v) is 16.5. The second kappa shape index (κ2) is 16.0.